The average Bonchev–Trinajstić information content (AvgIpc) is 3.47. The van der Waals surface area contributed by atoms with Gasteiger partial charge in [-0.15, -0.1) is 0 Å². The Kier molecular flexibility index (Phi) is 10.00. The summed E-state index contributed by atoms with van der Waals surface area (Å²) in [6.07, 6.45) is 4.65. The van der Waals surface area contributed by atoms with Gasteiger partial charge in [-0.05, 0) is 123 Å². The van der Waals surface area contributed by atoms with Gasteiger partial charge in [0.1, 0.15) is 23.0 Å². The van der Waals surface area contributed by atoms with E-state index in [0.717, 1.165) is 43.2 Å². The highest BCUT2D eigenvalue weighted by molar-refractivity contribution is 5.82. The van der Waals surface area contributed by atoms with Crippen molar-refractivity contribution in [3.63, 3.8) is 0 Å². The molecule has 2 aromatic heterocycles. The molecule has 2 N–H and O–H groups in total. The van der Waals surface area contributed by atoms with E-state index in [-0.39, 0.29) is 17.5 Å². The number of nitrogens with zero attached hydrogens (tertiary/aromatic N) is 3. The van der Waals surface area contributed by atoms with Crippen LogP contribution in [0.5, 0.6) is 5.75 Å². The molecule has 7 rings (SSSR count). The zero-order chi connectivity index (χ0) is 36.9. The fraction of sp³-hybridized carbons (Fsp3) is 0.512. The van der Waals surface area contributed by atoms with Crippen LogP contribution in [0.3, 0.4) is 0 Å². The molecular weight excluding hydrogens is 649 g/mol. The maximum atomic E-state index is 14.7. The number of carboxylic acids is 1. The van der Waals surface area contributed by atoms with Gasteiger partial charge in [0.25, 0.3) is 0 Å². The first-order chi connectivity index (χ1) is 23.9. The summed E-state index contributed by atoms with van der Waals surface area (Å²) in [6.45, 7) is 16.8. The molecule has 0 spiro atoms. The first-order valence-corrected chi connectivity index (χ1v) is 18.1. The lowest BCUT2D eigenvalue weighted by atomic mass is 9.88. The molecule has 0 unspecified atom stereocenters. The van der Waals surface area contributed by atoms with Crippen LogP contribution in [0.2, 0.25) is 0 Å². The summed E-state index contributed by atoms with van der Waals surface area (Å²) >= 11 is 0. The molecule has 3 aliphatic rings. The van der Waals surface area contributed by atoms with E-state index in [1.807, 2.05) is 69.5 Å². The van der Waals surface area contributed by atoms with E-state index < -0.39 is 23.3 Å². The molecule has 0 aliphatic carbocycles. The Morgan fingerprint density at radius 2 is 1.78 bits per heavy atom. The third-order valence-electron chi connectivity index (χ3n) is 10.1. The van der Waals surface area contributed by atoms with Gasteiger partial charge in [-0.3, -0.25) is 4.40 Å². The molecule has 3 aliphatic heterocycles. The first kappa shape index (κ1) is 36.8. The number of carboxylic acid groups (broad SMARTS) is 1. The largest absolute Gasteiger partial charge is 0.490 e. The normalized spacial score (nSPS) is 21.0. The Hall–Kier alpha value is -3.99. The third kappa shape index (κ3) is 7.78. The minimum atomic E-state index is -1.38. The van der Waals surface area contributed by atoms with Crippen molar-refractivity contribution >= 4 is 17.4 Å². The number of halogens is 1. The van der Waals surface area contributed by atoms with E-state index in [0.29, 0.717) is 64.9 Å². The standard InChI is InChI=1S/C41H52FN3O6/c1-25-12-9-10-21-49-41(8)17-19-44(20-18-41)37-33(35(38(46)47)51-39(3,4)5)26(2)34(40(6,7)48)36-43-31(24-45(36)37)28-14-11-13-27(22-28)30-23-29(42)15-16-32(30)50-25/h11,13-16,22-25,35,48H,9-10,12,17-21H2,1-8H3,(H,46,47)/t25-,35+/m1/s1. The maximum absolute atomic E-state index is 14.7. The molecule has 10 heteroatoms. The molecule has 0 radical (unpaired) electrons. The van der Waals surface area contributed by atoms with Crippen LogP contribution in [0, 0.1) is 12.7 Å². The van der Waals surface area contributed by atoms with Crippen molar-refractivity contribution in [3.05, 3.63) is 71.2 Å². The summed E-state index contributed by atoms with van der Waals surface area (Å²) < 4.78 is 35.9. The van der Waals surface area contributed by atoms with E-state index >= 15 is 0 Å². The van der Waals surface area contributed by atoms with Crippen LogP contribution in [0.25, 0.3) is 28.0 Å². The van der Waals surface area contributed by atoms with Gasteiger partial charge in [0.05, 0.1) is 28.6 Å². The number of rotatable bonds is 4. The van der Waals surface area contributed by atoms with E-state index in [9.17, 15) is 19.4 Å². The summed E-state index contributed by atoms with van der Waals surface area (Å²) in [7, 11) is 0. The van der Waals surface area contributed by atoms with Crippen LogP contribution in [-0.4, -0.2) is 62.6 Å². The molecular formula is C41H52FN3O6. The molecule has 1 fully saturated rings. The van der Waals surface area contributed by atoms with Gasteiger partial charge in [-0.25, -0.2) is 14.2 Å². The molecule has 2 aromatic carbocycles. The van der Waals surface area contributed by atoms with Gasteiger partial charge < -0.3 is 29.3 Å². The zero-order valence-electron chi connectivity index (χ0n) is 31.2. The number of anilines is 1. The number of benzene rings is 2. The highest BCUT2D eigenvalue weighted by Gasteiger charge is 2.40. The van der Waals surface area contributed by atoms with Crippen molar-refractivity contribution < 1.29 is 33.6 Å². The minimum absolute atomic E-state index is 0.0757. The maximum Gasteiger partial charge on any atom is 0.337 e. The number of aromatic nitrogens is 2. The molecule has 2 atom stereocenters. The second kappa shape index (κ2) is 13.9. The van der Waals surface area contributed by atoms with Gasteiger partial charge >= 0.3 is 5.97 Å². The van der Waals surface area contributed by atoms with Gasteiger partial charge in [0.15, 0.2) is 6.10 Å². The second-order valence-electron chi connectivity index (χ2n) is 16.0. The number of hydrogen-bond donors (Lipinski definition) is 2. The molecule has 1 saturated heterocycles. The first-order valence-electron chi connectivity index (χ1n) is 18.1. The average molecular weight is 702 g/mol. The van der Waals surface area contributed by atoms with Crippen molar-refractivity contribution in [1.82, 2.24) is 9.38 Å². The summed E-state index contributed by atoms with van der Waals surface area (Å²) in [6, 6.07) is 12.4. The Morgan fingerprint density at radius 1 is 1.08 bits per heavy atom. The second-order valence-corrected chi connectivity index (χ2v) is 16.0. The van der Waals surface area contributed by atoms with Crippen LogP contribution >= 0.6 is 0 Å². The lowest BCUT2D eigenvalue weighted by Gasteiger charge is -2.42. The molecule has 51 heavy (non-hydrogen) atoms. The number of fused-ring (bicyclic) bond motifs is 8. The number of aliphatic carboxylic acids is 1. The summed E-state index contributed by atoms with van der Waals surface area (Å²) in [5.41, 5.74) is 2.48. The number of pyridine rings is 1. The molecule has 0 amide bonds. The highest BCUT2D eigenvalue weighted by Crippen LogP contribution is 2.44. The van der Waals surface area contributed by atoms with E-state index in [2.05, 4.69) is 11.8 Å². The fourth-order valence-electron chi connectivity index (χ4n) is 7.55. The number of aliphatic hydroxyl groups is 1. The lowest BCUT2D eigenvalue weighted by Crippen LogP contribution is -2.46. The number of hydrogen-bond acceptors (Lipinski definition) is 7. The number of carbonyl (C=O) groups is 1. The predicted octanol–water partition coefficient (Wildman–Crippen LogP) is 8.61. The minimum Gasteiger partial charge on any atom is -0.490 e. The SMILES string of the molecule is Cc1c([C@H](OC(C)(C)C)C(=O)O)c2n3cc(nc3c1C(C)(C)O)-c1cccc(c1)-c1cc(F)ccc1O[C@H](C)CCCCOC1(C)CCN2CC1. The van der Waals surface area contributed by atoms with Crippen molar-refractivity contribution in [3.8, 4) is 28.1 Å². The van der Waals surface area contributed by atoms with Crippen LogP contribution in [-0.2, 0) is 19.9 Å². The Labute approximate surface area is 300 Å². The van der Waals surface area contributed by atoms with Crippen molar-refractivity contribution in [2.75, 3.05) is 24.6 Å². The van der Waals surface area contributed by atoms with Gasteiger partial charge in [-0.2, -0.15) is 0 Å². The number of ether oxygens (including phenoxy) is 3. The Balaban J connectivity index is 1.63. The number of piperidine rings is 1. The number of imidazole rings is 1. The molecule has 274 valence electrons. The zero-order valence-corrected chi connectivity index (χ0v) is 31.2. The van der Waals surface area contributed by atoms with E-state index in [1.165, 1.54) is 12.1 Å². The summed E-state index contributed by atoms with van der Waals surface area (Å²) in [5, 5.41) is 22.4. The quantitative estimate of drug-likeness (QED) is 0.218. The smallest absolute Gasteiger partial charge is 0.337 e. The van der Waals surface area contributed by atoms with Crippen LogP contribution in [0.15, 0.2) is 48.7 Å². The third-order valence-corrected chi connectivity index (χ3v) is 10.1. The van der Waals surface area contributed by atoms with E-state index in [1.54, 1.807) is 19.9 Å². The van der Waals surface area contributed by atoms with Crippen molar-refractivity contribution in [2.45, 2.75) is 117 Å². The molecule has 6 bridgehead atoms. The van der Waals surface area contributed by atoms with Gasteiger partial charge in [0, 0.05) is 48.1 Å². The van der Waals surface area contributed by atoms with Crippen molar-refractivity contribution in [2.24, 2.45) is 0 Å². The monoisotopic (exact) mass is 701 g/mol. The highest BCUT2D eigenvalue weighted by atomic mass is 19.1. The van der Waals surface area contributed by atoms with Crippen LogP contribution in [0.4, 0.5) is 10.2 Å². The van der Waals surface area contributed by atoms with E-state index in [4.69, 9.17) is 19.2 Å². The molecule has 9 nitrogen and oxygen atoms in total. The summed E-state index contributed by atoms with van der Waals surface area (Å²) in [4.78, 5) is 20.5. The van der Waals surface area contributed by atoms with Gasteiger partial charge in [0.2, 0.25) is 0 Å². The van der Waals surface area contributed by atoms with Gasteiger partial charge in [-0.1, -0.05) is 18.2 Å². The molecule has 4 aromatic rings. The molecule has 5 heterocycles. The van der Waals surface area contributed by atoms with Crippen LogP contribution in [0.1, 0.15) is 103 Å². The van der Waals surface area contributed by atoms with Crippen molar-refractivity contribution in [1.29, 1.82) is 0 Å². The Bertz CT molecular complexity index is 1920. The predicted molar refractivity (Wildman–Crippen MR) is 197 cm³/mol. The topological polar surface area (TPSA) is 106 Å². The fourth-order valence-corrected chi connectivity index (χ4v) is 7.55. The molecule has 0 saturated carbocycles. The Morgan fingerprint density at radius 3 is 2.45 bits per heavy atom. The lowest BCUT2D eigenvalue weighted by molar-refractivity contribution is -0.160. The summed E-state index contributed by atoms with van der Waals surface area (Å²) in [5.74, 6) is -0.198. The van der Waals surface area contributed by atoms with Crippen LogP contribution < -0.4 is 9.64 Å².